The molecule has 0 spiro atoms. The fourth-order valence-electron chi connectivity index (χ4n) is 1.83. The second-order valence-corrected chi connectivity index (χ2v) is 5.52. The molecule has 0 fully saturated rings. The third-order valence-electron chi connectivity index (χ3n) is 2.94. The van der Waals surface area contributed by atoms with E-state index in [2.05, 4.69) is 20.9 Å². The molecular weight excluding hydrogens is 330 g/mol. The maximum atomic E-state index is 12.0. The number of hydrogen-bond donors (Lipinski definition) is 1. The van der Waals surface area contributed by atoms with Crippen molar-refractivity contribution in [1.82, 2.24) is 9.55 Å². The Morgan fingerprint density at radius 2 is 2.11 bits per heavy atom. The van der Waals surface area contributed by atoms with Crippen molar-refractivity contribution in [2.45, 2.75) is 20.4 Å². The minimum Gasteiger partial charge on any atom is -0.399 e. The summed E-state index contributed by atoms with van der Waals surface area (Å²) in [6, 6.07) is 5.25. The highest BCUT2D eigenvalue weighted by molar-refractivity contribution is 9.10. The monoisotopic (exact) mass is 341 g/mol. The molecule has 100 valence electrons. The van der Waals surface area contributed by atoms with E-state index in [1.165, 1.54) is 0 Å². The molecule has 1 aromatic heterocycles. The molecule has 0 aliphatic heterocycles. The van der Waals surface area contributed by atoms with Crippen LogP contribution in [0.2, 0.25) is 5.02 Å². The van der Waals surface area contributed by atoms with E-state index in [0.717, 1.165) is 15.7 Å². The van der Waals surface area contributed by atoms with Gasteiger partial charge in [0.25, 0.3) is 0 Å². The summed E-state index contributed by atoms with van der Waals surface area (Å²) in [5.74, 6) is 0. The molecule has 0 amide bonds. The molecule has 0 aliphatic carbocycles. The van der Waals surface area contributed by atoms with Crippen LogP contribution in [0.15, 0.2) is 27.5 Å². The quantitative estimate of drug-likeness (QED) is 0.854. The van der Waals surface area contributed by atoms with Crippen LogP contribution in [-0.4, -0.2) is 9.55 Å². The lowest BCUT2D eigenvalue weighted by Gasteiger charge is -2.13. The van der Waals surface area contributed by atoms with Crippen LogP contribution >= 0.6 is 27.5 Å². The van der Waals surface area contributed by atoms with Crippen LogP contribution in [0.3, 0.4) is 0 Å². The van der Waals surface area contributed by atoms with Crippen molar-refractivity contribution in [3.8, 4) is 0 Å². The van der Waals surface area contributed by atoms with Gasteiger partial charge in [0.1, 0.15) is 0 Å². The molecule has 0 atom stereocenters. The summed E-state index contributed by atoms with van der Waals surface area (Å²) in [4.78, 5) is 15.9. The second-order valence-electron chi connectivity index (χ2n) is 4.32. The first-order chi connectivity index (χ1) is 8.90. The third-order valence-corrected chi connectivity index (χ3v) is 4.44. The number of anilines is 1. The lowest BCUT2D eigenvalue weighted by Crippen LogP contribution is -2.27. The predicted octanol–water partition coefficient (Wildman–Crippen LogP) is 2.91. The highest BCUT2D eigenvalue weighted by atomic mass is 79.9. The van der Waals surface area contributed by atoms with Gasteiger partial charge in [-0.05, 0) is 47.5 Å². The van der Waals surface area contributed by atoms with Crippen LogP contribution in [0.5, 0.6) is 0 Å². The number of aromatic nitrogens is 2. The van der Waals surface area contributed by atoms with Gasteiger partial charge in [-0.15, -0.1) is 0 Å². The maximum absolute atomic E-state index is 12.0. The molecule has 1 aromatic carbocycles. The highest BCUT2D eigenvalue weighted by Gasteiger charge is 2.11. The smallest absolute Gasteiger partial charge is 0.348 e. The van der Waals surface area contributed by atoms with Gasteiger partial charge in [0.2, 0.25) is 0 Å². The lowest BCUT2D eigenvalue weighted by atomic mass is 10.2. The van der Waals surface area contributed by atoms with Gasteiger partial charge >= 0.3 is 5.69 Å². The molecule has 2 N–H and O–H groups in total. The summed E-state index contributed by atoms with van der Waals surface area (Å²) in [7, 11) is 0. The predicted molar refractivity (Wildman–Crippen MR) is 80.6 cm³/mol. The standard InChI is InChI=1S/C13H13BrClN3O/c1-7-12(14)8(2)18(13(19)17-7)6-9-3-4-10(16)5-11(9)15/h3-5H,6,16H2,1-2H3. The van der Waals surface area contributed by atoms with Crippen LogP contribution < -0.4 is 11.4 Å². The molecule has 6 heteroatoms. The minimum atomic E-state index is -0.286. The zero-order valence-corrected chi connectivity index (χ0v) is 12.9. The van der Waals surface area contributed by atoms with E-state index in [0.29, 0.717) is 22.9 Å². The SMILES string of the molecule is Cc1nc(=O)n(Cc2ccc(N)cc2Cl)c(C)c1Br. The van der Waals surface area contributed by atoms with Crippen molar-refractivity contribution in [3.63, 3.8) is 0 Å². The number of rotatable bonds is 2. The van der Waals surface area contributed by atoms with Crippen LogP contribution in [0.4, 0.5) is 5.69 Å². The molecule has 0 saturated carbocycles. The molecule has 0 bridgehead atoms. The van der Waals surface area contributed by atoms with Crippen LogP contribution in [-0.2, 0) is 6.54 Å². The molecule has 0 aliphatic rings. The summed E-state index contributed by atoms with van der Waals surface area (Å²) in [5, 5.41) is 0.544. The second kappa shape index (κ2) is 5.35. The number of aryl methyl sites for hydroxylation is 1. The van der Waals surface area contributed by atoms with Crippen LogP contribution in [0.1, 0.15) is 17.0 Å². The van der Waals surface area contributed by atoms with Gasteiger partial charge in [-0.2, -0.15) is 4.98 Å². The summed E-state index contributed by atoms with van der Waals surface area (Å²) >= 11 is 9.56. The molecule has 4 nitrogen and oxygen atoms in total. The Hall–Kier alpha value is -1.33. The number of nitrogen functional groups attached to an aromatic ring is 1. The maximum Gasteiger partial charge on any atom is 0.348 e. The Balaban J connectivity index is 2.50. The summed E-state index contributed by atoms with van der Waals surface area (Å²) in [5.41, 5.74) is 8.30. The van der Waals surface area contributed by atoms with Crippen LogP contribution in [0, 0.1) is 13.8 Å². The van der Waals surface area contributed by atoms with Crippen molar-refractivity contribution in [2.24, 2.45) is 0 Å². The number of hydrogen-bond acceptors (Lipinski definition) is 3. The number of benzene rings is 1. The van der Waals surface area contributed by atoms with Gasteiger partial charge in [0, 0.05) is 16.4 Å². The van der Waals surface area contributed by atoms with Gasteiger partial charge in [0.15, 0.2) is 0 Å². The van der Waals surface area contributed by atoms with Crippen molar-refractivity contribution in [3.05, 3.63) is 55.1 Å². The first-order valence-electron chi connectivity index (χ1n) is 5.67. The van der Waals surface area contributed by atoms with Crippen molar-refractivity contribution in [1.29, 1.82) is 0 Å². The summed E-state index contributed by atoms with van der Waals surface area (Å²) in [6.45, 7) is 4.03. The number of nitrogens with two attached hydrogens (primary N) is 1. The minimum absolute atomic E-state index is 0.286. The lowest BCUT2D eigenvalue weighted by molar-refractivity contribution is 0.689. The van der Waals surface area contributed by atoms with Gasteiger partial charge in [0.05, 0.1) is 16.7 Å². The Morgan fingerprint density at radius 3 is 2.74 bits per heavy atom. The Kier molecular flexibility index (Phi) is 3.96. The van der Waals surface area contributed by atoms with E-state index in [1.54, 1.807) is 23.6 Å². The molecule has 0 radical (unpaired) electrons. The number of halogens is 2. The topological polar surface area (TPSA) is 60.9 Å². The number of nitrogens with zero attached hydrogens (tertiary/aromatic N) is 2. The van der Waals surface area contributed by atoms with E-state index in [9.17, 15) is 4.79 Å². The molecule has 0 unspecified atom stereocenters. The van der Waals surface area contributed by atoms with Crippen molar-refractivity contribution >= 4 is 33.2 Å². The first-order valence-corrected chi connectivity index (χ1v) is 6.84. The Bertz CT molecular complexity index is 697. The van der Waals surface area contributed by atoms with E-state index < -0.39 is 0 Å². The fourth-order valence-corrected chi connectivity index (χ4v) is 2.38. The van der Waals surface area contributed by atoms with Gasteiger partial charge in [-0.3, -0.25) is 4.57 Å². The molecule has 19 heavy (non-hydrogen) atoms. The van der Waals surface area contributed by atoms with Crippen LogP contribution in [0.25, 0.3) is 0 Å². The molecular formula is C13H13BrClN3O. The fraction of sp³-hybridized carbons (Fsp3) is 0.231. The largest absolute Gasteiger partial charge is 0.399 e. The van der Waals surface area contributed by atoms with Crippen molar-refractivity contribution < 1.29 is 0 Å². The summed E-state index contributed by atoms with van der Waals surface area (Å²) in [6.07, 6.45) is 0. The first kappa shape index (κ1) is 14.1. The average molecular weight is 343 g/mol. The van der Waals surface area contributed by atoms with E-state index in [4.69, 9.17) is 17.3 Å². The van der Waals surface area contributed by atoms with Gasteiger partial charge in [-0.1, -0.05) is 17.7 Å². The highest BCUT2D eigenvalue weighted by Crippen LogP contribution is 2.22. The van der Waals surface area contributed by atoms with E-state index in [1.807, 2.05) is 13.0 Å². The van der Waals surface area contributed by atoms with Crippen molar-refractivity contribution in [2.75, 3.05) is 5.73 Å². The normalized spacial score (nSPS) is 10.7. The molecule has 1 heterocycles. The van der Waals surface area contributed by atoms with Gasteiger partial charge < -0.3 is 5.73 Å². The Morgan fingerprint density at radius 1 is 1.42 bits per heavy atom. The van der Waals surface area contributed by atoms with Gasteiger partial charge in [-0.25, -0.2) is 4.79 Å². The molecule has 2 rings (SSSR count). The summed E-state index contributed by atoms with van der Waals surface area (Å²) < 4.78 is 2.41. The zero-order chi connectivity index (χ0) is 14.2. The average Bonchev–Trinajstić information content (AvgIpc) is 2.34. The van der Waals surface area contributed by atoms with E-state index in [-0.39, 0.29) is 5.69 Å². The third kappa shape index (κ3) is 2.82. The Labute approximate surface area is 124 Å². The molecule has 0 saturated heterocycles. The van der Waals surface area contributed by atoms with E-state index >= 15 is 0 Å². The zero-order valence-electron chi connectivity index (χ0n) is 10.6. The molecule has 2 aromatic rings.